The minimum Gasteiger partial charge on any atom is -0.456 e. The molecule has 0 saturated carbocycles. The molecule has 3 rings (SSSR count). The third-order valence-corrected chi connectivity index (χ3v) is 3.50. The molecular weight excluding hydrogens is 262 g/mol. The normalized spacial score (nSPS) is 10.8. The lowest BCUT2D eigenvalue weighted by Crippen LogP contribution is -2.05. The van der Waals surface area contributed by atoms with Crippen LogP contribution < -0.4 is 0 Å². The maximum absolute atomic E-state index is 12.1. The molecule has 0 spiro atoms. The molecule has 2 aromatic carbocycles. The summed E-state index contributed by atoms with van der Waals surface area (Å²) in [5, 5.41) is 1.04. The van der Waals surface area contributed by atoms with Crippen LogP contribution in [0.25, 0.3) is 10.9 Å². The molecule has 3 heteroatoms. The van der Waals surface area contributed by atoms with Crippen molar-refractivity contribution in [3.63, 3.8) is 0 Å². The number of esters is 1. The minimum absolute atomic E-state index is 0.285. The molecule has 0 aliphatic carbocycles. The first-order chi connectivity index (χ1) is 10.1. The summed E-state index contributed by atoms with van der Waals surface area (Å²) < 4.78 is 5.34. The fraction of sp³-hybridized carbons (Fsp3) is 0.167. The maximum atomic E-state index is 12.1. The van der Waals surface area contributed by atoms with Crippen LogP contribution >= 0.6 is 0 Å². The number of ether oxygens (including phenoxy) is 1. The zero-order valence-corrected chi connectivity index (χ0v) is 12.1. The predicted octanol–water partition coefficient (Wildman–Crippen LogP) is 4.14. The van der Waals surface area contributed by atoms with E-state index in [-0.39, 0.29) is 12.6 Å². The standard InChI is InChI=1S/C18H17NO2/c1-12-8-13(2)17-15(9-12)10-16(19-17)18(20)21-11-14-6-4-3-5-7-14/h3-10,19H,11H2,1-2H3. The zero-order chi connectivity index (χ0) is 14.8. The Balaban J connectivity index is 1.80. The summed E-state index contributed by atoms with van der Waals surface area (Å²) in [5.41, 5.74) is 4.78. The van der Waals surface area contributed by atoms with Gasteiger partial charge in [0, 0.05) is 10.9 Å². The highest BCUT2D eigenvalue weighted by Crippen LogP contribution is 2.21. The Morgan fingerprint density at radius 2 is 1.86 bits per heavy atom. The van der Waals surface area contributed by atoms with Crippen molar-refractivity contribution in [1.82, 2.24) is 4.98 Å². The smallest absolute Gasteiger partial charge is 0.355 e. The maximum Gasteiger partial charge on any atom is 0.355 e. The Bertz CT molecular complexity index is 788. The van der Waals surface area contributed by atoms with Crippen molar-refractivity contribution >= 4 is 16.9 Å². The van der Waals surface area contributed by atoms with Gasteiger partial charge < -0.3 is 9.72 Å². The molecule has 1 aromatic heterocycles. The van der Waals surface area contributed by atoms with E-state index in [1.807, 2.05) is 50.2 Å². The van der Waals surface area contributed by atoms with Gasteiger partial charge in [0.05, 0.1) is 0 Å². The summed E-state index contributed by atoms with van der Waals surface area (Å²) in [4.78, 5) is 15.3. The Kier molecular flexibility index (Phi) is 3.48. The SMILES string of the molecule is Cc1cc(C)c2[nH]c(C(=O)OCc3ccccc3)cc2c1. The molecule has 3 aromatic rings. The lowest BCUT2D eigenvalue weighted by molar-refractivity contribution is 0.0467. The number of carbonyl (C=O) groups is 1. The second-order valence-corrected chi connectivity index (χ2v) is 5.29. The fourth-order valence-electron chi connectivity index (χ4n) is 2.52. The summed E-state index contributed by atoms with van der Waals surface area (Å²) in [6, 6.07) is 15.7. The largest absolute Gasteiger partial charge is 0.456 e. The number of nitrogens with one attached hydrogen (secondary N) is 1. The molecule has 1 N–H and O–H groups in total. The number of H-pyrrole nitrogens is 1. The van der Waals surface area contributed by atoms with Crippen molar-refractivity contribution in [3.8, 4) is 0 Å². The lowest BCUT2D eigenvalue weighted by Gasteiger charge is -2.03. The van der Waals surface area contributed by atoms with Gasteiger partial charge in [-0.3, -0.25) is 0 Å². The van der Waals surface area contributed by atoms with Gasteiger partial charge in [-0.15, -0.1) is 0 Å². The summed E-state index contributed by atoms with van der Waals surface area (Å²) >= 11 is 0. The van der Waals surface area contributed by atoms with E-state index in [0.29, 0.717) is 5.69 Å². The number of hydrogen-bond acceptors (Lipinski definition) is 2. The van der Waals surface area contributed by atoms with Gasteiger partial charge >= 0.3 is 5.97 Å². The number of aryl methyl sites for hydroxylation is 2. The molecule has 0 bridgehead atoms. The van der Waals surface area contributed by atoms with Crippen LogP contribution in [0.4, 0.5) is 0 Å². The summed E-state index contributed by atoms with van der Waals surface area (Å²) in [6.45, 7) is 4.37. The van der Waals surface area contributed by atoms with Gasteiger partial charge in [0.15, 0.2) is 0 Å². The Hall–Kier alpha value is -2.55. The number of aromatic nitrogens is 1. The molecule has 0 radical (unpaired) electrons. The van der Waals surface area contributed by atoms with Crippen LogP contribution in [0.15, 0.2) is 48.5 Å². The minimum atomic E-state index is -0.327. The molecule has 0 fully saturated rings. The van der Waals surface area contributed by atoms with Gasteiger partial charge in [-0.2, -0.15) is 0 Å². The van der Waals surface area contributed by atoms with Crippen LogP contribution in [-0.4, -0.2) is 11.0 Å². The molecule has 1 heterocycles. The van der Waals surface area contributed by atoms with Crippen molar-refractivity contribution < 1.29 is 9.53 Å². The first kappa shape index (κ1) is 13.4. The molecule has 0 saturated heterocycles. The Morgan fingerprint density at radius 3 is 2.62 bits per heavy atom. The van der Waals surface area contributed by atoms with Gasteiger partial charge in [0.25, 0.3) is 0 Å². The number of aromatic amines is 1. The molecule has 0 aliphatic rings. The predicted molar refractivity (Wildman–Crippen MR) is 83.3 cm³/mol. The quantitative estimate of drug-likeness (QED) is 0.732. The average molecular weight is 279 g/mol. The van der Waals surface area contributed by atoms with E-state index in [9.17, 15) is 4.79 Å². The number of carbonyl (C=O) groups excluding carboxylic acids is 1. The number of benzene rings is 2. The highest BCUT2D eigenvalue weighted by atomic mass is 16.5. The van der Waals surface area contributed by atoms with Crippen LogP contribution in [0, 0.1) is 13.8 Å². The van der Waals surface area contributed by atoms with Crippen LogP contribution in [0.1, 0.15) is 27.2 Å². The molecular formula is C18H17NO2. The van der Waals surface area contributed by atoms with Gasteiger partial charge in [-0.25, -0.2) is 4.79 Å². The monoisotopic (exact) mass is 279 g/mol. The van der Waals surface area contributed by atoms with Gasteiger partial charge in [0.1, 0.15) is 12.3 Å². The zero-order valence-electron chi connectivity index (χ0n) is 12.1. The van der Waals surface area contributed by atoms with E-state index in [2.05, 4.69) is 17.1 Å². The number of rotatable bonds is 3. The third kappa shape index (κ3) is 2.82. The molecule has 3 nitrogen and oxygen atoms in total. The van der Waals surface area contributed by atoms with Crippen molar-refractivity contribution in [2.45, 2.75) is 20.5 Å². The van der Waals surface area contributed by atoms with Gasteiger partial charge in [0.2, 0.25) is 0 Å². The summed E-state index contributed by atoms with van der Waals surface area (Å²) in [7, 11) is 0. The fourth-order valence-corrected chi connectivity index (χ4v) is 2.52. The summed E-state index contributed by atoms with van der Waals surface area (Å²) in [5.74, 6) is -0.327. The van der Waals surface area contributed by atoms with Crippen LogP contribution in [0.5, 0.6) is 0 Å². The van der Waals surface area contributed by atoms with E-state index in [4.69, 9.17) is 4.74 Å². The molecule has 0 amide bonds. The van der Waals surface area contributed by atoms with Crippen molar-refractivity contribution in [2.24, 2.45) is 0 Å². The second kappa shape index (κ2) is 5.44. The van der Waals surface area contributed by atoms with Crippen LogP contribution in [0.2, 0.25) is 0 Å². The Morgan fingerprint density at radius 1 is 1.10 bits per heavy atom. The first-order valence-corrected chi connectivity index (χ1v) is 6.94. The summed E-state index contributed by atoms with van der Waals surface area (Å²) in [6.07, 6.45) is 0. The van der Waals surface area contributed by atoms with Crippen molar-refractivity contribution in [3.05, 3.63) is 70.9 Å². The van der Waals surface area contributed by atoms with Gasteiger partial charge in [-0.1, -0.05) is 42.0 Å². The first-order valence-electron chi connectivity index (χ1n) is 6.94. The van der Waals surface area contributed by atoms with E-state index >= 15 is 0 Å². The van der Waals surface area contributed by atoms with Crippen molar-refractivity contribution in [1.29, 1.82) is 0 Å². The van der Waals surface area contributed by atoms with Crippen LogP contribution in [-0.2, 0) is 11.3 Å². The third-order valence-electron chi connectivity index (χ3n) is 3.50. The van der Waals surface area contributed by atoms with Gasteiger partial charge in [-0.05, 0) is 37.1 Å². The number of fused-ring (bicyclic) bond motifs is 1. The molecule has 0 unspecified atom stereocenters. The van der Waals surface area contributed by atoms with E-state index in [1.54, 1.807) is 0 Å². The molecule has 21 heavy (non-hydrogen) atoms. The highest BCUT2D eigenvalue weighted by molar-refractivity contribution is 5.96. The lowest BCUT2D eigenvalue weighted by atomic mass is 10.1. The molecule has 106 valence electrons. The average Bonchev–Trinajstić information content (AvgIpc) is 2.90. The highest BCUT2D eigenvalue weighted by Gasteiger charge is 2.12. The van der Waals surface area contributed by atoms with Crippen LogP contribution in [0.3, 0.4) is 0 Å². The van der Waals surface area contributed by atoms with E-state index in [0.717, 1.165) is 22.0 Å². The molecule has 0 aliphatic heterocycles. The van der Waals surface area contributed by atoms with Crippen molar-refractivity contribution in [2.75, 3.05) is 0 Å². The second-order valence-electron chi connectivity index (χ2n) is 5.29. The topological polar surface area (TPSA) is 42.1 Å². The Labute approximate surface area is 123 Å². The van der Waals surface area contributed by atoms with E-state index in [1.165, 1.54) is 5.56 Å². The number of hydrogen-bond donors (Lipinski definition) is 1. The molecule has 0 atom stereocenters. The van der Waals surface area contributed by atoms with E-state index < -0.39 is 0 Å².